The molecule has 4 nitrogen and oxygen atoms in total. The van der Waals surface area contributed by atoms with Crippen molar-refractivity contribution >= 4 is 11.8 Å². The molecule has 0 aliphatic heterocycles. The number of ether oxygens (including phenoxy) is 1. The van der Waals surface area contributed by atoms with Gasteiger partial charge in [0.05, 0.1) is 5.56 Å². The van der Waals surface area contributed by atoms with Gasteiger partial charge >= 0.3 is 12.1 Å². The summed E-state index contributed by atoms with van der Waals surface area (Å²) in [6.45, 7) is 1.00. The van der Waals surface area contributed by atoms with Crippen LogP contribution < -0.4 is 4.74 Å². The zero-order valence-electron chi connectivity index (χ0n) is 12.5. The first-order valence-corrected chi connectivity index (χ1v) is 6.84. The number of carbonyl (C=O) groups is 2. The molecule has 0 saturated carbocycles. The van der Waals surface area contributed by atoms with Crippen LogP contribution in [0.3, 0.4) is 0 Å². The van der Waals surface area contributed by atoms with Crippen molar-refractivity contribution in [2.24, 2.45) is 0 Å². The highest BCUT2D eigenvalue weighted by Crippen LogP contribution is 2.31. The van der Waals surface area contributed by atoms with Crippen LogP contribution in [0.15, 0.2) is 54.6 Å². The van der Waals surface area contributed by atoms with Crippen molar-refractivity contribution in [3.05, 3.63) is 65.7 Å². The molecule has 0 aliphatic rings. The number of halogens is 3. The van der Waals surface area contributed by atoms with Crippen molar-refractivity contribution in [2.75, 3.05) is 0 Å². The van der Waals surface area contributed by atoms with Crippen LogP contribution in [0.2, 0.25) is 0 Å². The maximum atomic E-state index is 12.8. The third-order valence-electron chi connectivity index (χ3n) is 3.36. The Morgan fingerprint density at radius 2 is 1.62 bits per heavy atom. The van der Waals surface area contributed by atoms with E-state index in [9.17, 15) is 27.9 Å². The van der Waals surface area contributed by atoms with Gasteiger partial charge in [0.2, 0.25) is 5.78 Å². The number of carboxylic acid groups (broad SMARTS) is 1. The van der Waals surface area contributed by atoms with Gasteiger partial charge in [-0.3, -0.25) is 4.79 Å². The molecular formula is C17H13F3O4. The van der Waals surface area contributed by atoms with Crippen LogP contribution in [-0.2, 0) is 11.0 Å². The molecular weight excluding hydrogens is 325 g/mol. The average molecular weight is 338 g/mol. The fourth-order valence-corrected chi connectivity index (χ4v) is 2.02. The standard InChI is InChI=1S/C17H13F3O4/c1-16(15(22)23,24-13-8-3-2-4-9-13)14(21)11-6-5-7-12(10-11)17(18,19)20/h2-10H,1H3,(H,22,23). The normalized spacial score (nSPS) is 13.8. The first-order valence-electron chi connectivity index (χ1n) is 6.84. The van der Waals surface area contributed by atoms with Crippen molar-refractivity contribution < 1.29 is 32.6 Å². The summed E-state index contributed by atoms with van der Waals surface area (Å²) >= 11 is 0. The minimum Gasteiger partial charge on any atom is -0.478 e. The average Bonchev–Trinajstić information content (AvgIpc) is 2.54. The molecule has 2 aromatic rings. The van der Waals surface area contributed by atoms with Crippen molar-refractivity contribution in [2.45, 2.75) is 18.7 Å². The smallest absolute Gasteiger partial charge is 0.416 e. The molecule has 0 fully saturated rings. The van der Waals surface area contributed by atoms with E-state index < -0.39 is 34.7 Å². The molecule has 1 atom stereocenters. The largest absolute Gasteiger partial charge is 0.478 e. The lowest BCUT2D eigenvalue weighted by Gasteiger charge is -2.25. The van der Waals surface area contributed by atoms with Gasteiger partial charge in [-0.25, -0.2) is 4.79 Å². The maximum Gasteiger partial charge on any atom is 0.416 e. The second-order valence-electron chi connectivity index (χ2n) is 5.16. The van der Waals surface area contributed by atoms with E-state index >= 15 is 0 Å². The Morgan fingerprint density at radius 1 is 1.00 bits per heavy atom. The number of ketones is 1. The molecule has 0 saturated heterocycles. The van der Waals surface area contributed by atoms with Crippen LogP contribution in [0.5, 0.6) is 5.75 Å². The SMILES string of the molecule is CC(Oc1ccccc1)(C(=O)O)C(=O)c1cccc(C(F)(F)F)c1. The number of rotatable bonds is 5. The van der Waals surface area contributed by atoms with Crippen LogP contribution in [-0.4, -0.2) is 22.5 Å². The quantitative estimate of drug-likeness (QED) is 0.665. The molecule has 0 heterocycles. The molecule has 0 aromatic heterocycles. The number of hydrogen-bond donors (Lipinski definition) is 1. The summed E-state index contributed by atoms with van der Waals surface area (Å²) in [6, 6.07) is 11.3. The van der Waals surface area contributed by atoms with E-state index in [1.807, 2.05) is 0 Å². The molecule has 0 amide bonds. The number of carbonyl (C=O) groups excluding carboxylic acids is 1. The van der Waals surface area contributed by atoms with Crippen molar-refractivity contribution in [1.29, 1.82) is 0 Å². The molecule has 0 radical (unpaired) electrons. The van der Waals surface area contributed by atoms with Gasteiger partial charge in [-0.05, 0) is 31.2 Å². The maximum absolute atomic E-state index is 12.8. The Labute approximate surface area is 135 Å². The van der Waals surface area contributed by atoms with Gasteiger partial charge in [-0.2, -0.15) is 13.2 Å². The second kappa shape index (κ2) is 6.35. The molecule has 0 aliphatic carbocycles. The Bertz CT molecular complexity index is 756. The van der Waals surface area contributed by atoms with Crippen molar-refractivity contribution in [3.8, 4) is 5.75 Å². The monoisotopic (exact) mass is 338 g/mol. The first kappa shape index (κ1) is 17.5. The van der Waals surface area contributed by atoms with Crippen LogP contribution >= 0.6 is 0 Å². The van der Waals surface area contributed by atoms with Gasteiger partial charge in [-0.15, -0.1) is 0 Å². The van der Waals surface area contributed by atoms with E-state index in [0.29, 0.717) is 6.07 Å². The number of benzene rings is 2. The van der Waals surface area contributed by atoms with Crippen LogP contribution in [0.25, 0.3) is 0 Å². The van der Waals surface area contributed by atoms with Crippen LogP contribution in [0.1, 0.15) is 22.8 Å². The lowest BCUT2D eigenvalue weighted by molar-refractivity contribution is -0.149. The summed E-state index contributed by atoms with van der Waals surface area (Å²) < 4.78 is 43.6. The highest BCUT2D eigenvalue weighted by molar-refractivity contribution is 6.15. The van der Waals surface area contributed by atoms with E-state index in [1.165, 1.54) is 12.1 Å². The molecule has 1 N–H and O–H groups in total. The Morgan fingerprint density at radius 3 is 2.17 bits per heavy atom. The fourth-order valence-electron chi connectivity index (χ4n) is 2.02. The zero-order valence-corrected chi connectivity index (χ0v) is 12.5. The Kier molecular flexibility index (Phi) is 4.64. The molecule has 24 heavy (non-hydrogen) atoms. The fraction of sp³-hybridized carbons (Fsp3) is 0.176. The first-order chi connectivity index (χ1) is 11.1. The minimum atomic E-state index is -4.64. The summed E-state index contributed by atoms with van der Waals surface area (Å²) in [7, 11) is 0. The predicted molar refractivity (Wildman–Crippen MR) is 78.9 cm³/mol. The molecule has 2 aromatic carbocycles. The van der Waals surface area contributed by atoms with Gasteiger partial charge in [0.15, 0.2) is 0 Å². The third kappa shape index (κ3) is 3.56. The number of hydrogen-bond acceptors (Lipinski definition) is 3. The minimum absolute atomic E-state index is 0.114. The predicted octanol–water partition coefficient (Wildman–Crippen LogP) is 3.81. The number of Topliss-reactive ketones (excluding diaryl/α,β-unsaturated/α-hetero) is 1. The van der Waals surface area contributed by atoms with Gasteiger partial charge in [-0.1, -0.05) is 30.3 Å². The van der Waals surface area contributed by atoms with E-state index in [-0.39, 0.29) is 5.75 Å². The summed E-state index contributed by atoms with van der Waals surface area (Å²) in [6.07, 6.45) is -4.64. The van der Waals surface area contributed by atoms with E-state index in [0.717, 1.165) is 25.1 Å². The lowest BCUT2D eigenvalue weighted by Crippen LogP contribution is -2.49. The van der Waals surface area contributed by atoms with Crippen LogP contribution in [0, 0.1) is 0 Å². The molecule has 7 heteroatoms. The van der Waals surface area contributed by atoms with Crippen molar-refractivity contribution in [3.63, 3.8) is 0 Å². The van der Waals surface area contributed by atoms with Crippen molar-refractivity contribution in [1.82, 2.24) is 0 Å². The number of alkyl halides is 3. The van der Waals surface area contributed by atoms with Crippen LogP contribution in [0.4, 0.5) is 13.2 Å². The summed E-state index contributed by atoms with van der Waals surface area (Å²) in [5, 5.41) is 9.39. The molecule has 1 unspecified atom stereocenters. The molecule has 2 rings (SSSR count). The second-order valence-corrected chi connectivity index (χ2v) is 5.16. The molecule has 0 bridgehead atoms. The third-order valence-corrected chi connectivity index (χ3v) is 3.36. The molecule has 0 spiro atoms. The highest BCUT2D eigenvalue weighted by atomic mass is 19.4. The van der Waals surface area contributed by atoms with Gasteiger partial charge in [0.1, 0.15) is 5.75 Å². The lowest BCUT2D eigenvalue weighted by atomic mass is 9.93. The topological polar surface area (TPSA) is 63.6 Å². The van der Waals surface area contributed by atoms with E-state index in [2.05, 4.69) is 0 Å². The number of aliphatic carboxylic acids is 1. The van der Waals surface area contributed by atoms with Gasteiger partial charge in [0, 0.05) is 5.56 Å². The summed E-state index contributed by atoms with van der Waals surface area (Å²) in [4.78, 5) is 24.1. The number of carboxylic acids is 1. The Hall–Kier alpha value is -2.83. The van der Waals surface area contributed by atoms with E-state index in [4.69, 9.17) is 4.74 Å². The van der Waals surface area contributed by atoms with Gasteiger partial charge in [0.25, 0.3) is 5.60 Å². The summed E-state index contributed by atoms with van der Waals surface area (Å²) in [5.74, 6) is -2.57. The van der Waals surface area contributed by atoms with Gasteiger partial charge < -0.3 is 9.84 Å². The van der Waals surface area contributed by atoms with E-state index in [1.54, 1.807) is 18.2 Å². The zero-order chi connectivity index (χ0) is 18.0. The highest BCUT2D eigenvalue weighted by Gasteiger charge is 2.45. The molecule has 126 valence electrons. The number of para-hydroxylation sites is 1. The Balaban J connectivity index is 2.41. The summed E-state index contributed by atoms with van der Waals surface area (Å²) in [5.41, 5.74) is -3.79.